The SMILES string of the molecule is NC(=O)c1ncc(C(N)=S)nc1NC1CCCCCC1. The van der Waals surface area contributed by atoms with Gasteiger partial charge in [0.15, 0.2) is 11.5 Å². The second kappa shape index (κ2) is 6.60. The molecule has 108 valence electrons. The van der Waals surface area contributed by atoms with Gasteiger partial charge in [-0.25, -0.2) is 9.97 Å². The molecule has 6 nitrogen and oxygen atoms in total. The fourth-order valence-electron chi connectivity index (χ4n) is 2.41. The highest BCUT2D eigenvalue weighted by Crippen LogP contribution is 2.21. The summed E-state index contributed by atoms with van der Waals surface area (Å²) in [6.45, 7) is 0. The summed E-state index contributed by atoms with van der Waals surface area (Å²) in [6, 6.07) is 0.284. The number of thiocarbonyl (C=S) groups is 1. The lowest BCUT2D eigenvalue weighted by molar-refractivity contribution is 0.0996. The van der Waals surface area contributed by atoms with Gasteiger partial charge in [0.2, 0.25) is 0 Å². The second-order valence-corrected chi connectivity index (χ2v) is 5.45. The van der Waals surface area contributed by atoms with E-state index in [1.54, 1.807) is 0 Å². The van der Waals surface area contributed by atoms with Crippen LogP contribution in [0.15, 0.2) is 6.20 Å². The van der Waals surface area contributed by atoms with Gasteiger partial charge in [0.1, 0.15) is 10.7 Å². The molecule has 2 rings (SSSR count). The van der Waals surface area contributed by atoms with E-state index in [1.807, 2.05) is 0 Å². The highest BCUT2D eigenvalue weighted by Gasteiger charge is 2.18. The van der Waals surface area contributed by atoms with Crippen molar-refractivity contribution in [2.45, 2.75) is 44.6 Å². The van der Waals surface area contributed by atoms with Crippen LogP contribution < -0.4 is 16.8 Å². The van der Waals surface area contributed by atoms with E-state index in [0.29, 0.717) is 11.5 Å². The fraction of sp³-hybridized carbons (Fsp3) is 0.538. The monoisotopic (exact) mass is 293 g/mol. The van der Waals surface area contributed by atoms with E-state index in [-0.39, 0.29) is 16.7 Å². The Labute approximate surface area is 123 Å². The number of carbonyl (C=O) groups excluding carboxylic acids is 1. The molecule has 1 amide bonds. The number of hydrogen-bond acceptors (Lipinski definition) is 5. The Balaban J connectivity index is 2.24. The molecule has 1 aromatic rings. The minimum absolute atomic E-state index is 0.134. The topological polar surface area (TPSA) is 107 Å². The van der Waals surface area contributed by atoms with Crippen LogP contribution in [0.3, 0.4) is 0 Å². The van der Waals surface area contributed by atoms with Gasteiger partial charge in [-0.3, -0.25) is 4.79 Å². The molecule has 1 saturated carbocycles. The van der Waals surface area contributed by atoms with E-state index in [1.165, 1.54) is 31.9 Å². The first-order valence-electron chi connectivity index (χ1n) is 6.81. The summed E-state index contributed by atoms with van der Waals surface area (Å²) in [5, 5.41) is 3.28. The third-order valence-corrected chi connectivity index (χ3v) is 3.66. The lowest BCUT2D eigenvalue weighted by Crippen LogP contribution is -2.25. The Morgan fingerprint density at radius 2 is 1.90 bits per heavy atom. The van der Waals surface area contributed by atoms with Crippen molar-refractivity contribution in [3.8, 4) is 0 Å². The quantitative estimate of drug-likeness (QED) is 0.571. The average molecular weight is 293 g/mol. The van der Waals surface area contributed by atoms with Crippen LogP contribution in [-0.2, 0) is 0 Å². The van der Waals surface area contributed by atoms with Gasteiger partial charge >= 0.3 is 0 Å². The molecule has 0 bridgehead atoms. The summed E-state index contributed by atoms with van der Waals surface area (Å²) in [5.74, 6) is -0.224. The molecule has 1 aliphatic rings. The van der Waals surface area contributed by atoms with Gasteiger partial charge in [-0.1, -0.05) is 37.9 Å². The lowest BCUT2D eigenvalue weighted by atomic mass is 10.1. The molecule has 0 aliphatic heterocycles. The van der Waals surface area contributed by atoms with E-state index in [0.717, 1.165) is 12.8 Å². The number of primary amides is 1. The van der Waals surface area contributed by atoms with Crippen molar-refractivity contribution >= 4 is 28.9 Å². The third-order valence-electron chi connectivity index (χ3n) is 3.45. The third kappa shape index (κ3) is 3.63. The molecule has 1 heterocycles. The Morgan fingerprint density at radius 1 is 1.25 bits per heavy atom. The summed E-state index contributed by atoms with van der Waals surface area (Å²) < 4.78 is 0. The van der Waals surface area contributed by atoms with E-state index in [2.05, 4.69) is 15.3 Å². The first kappa shape index (κ1) is 14.6. The summed E-state index contributed by atoms with van der Waals surface area (Å²) in [4.78, 5) is 19.9. The number of carbonyl (C=O) groups is 1. The maximum absolute atomic E-state index is 11.4. The number of nitrogens with zero attached hydrogens (tertiary/aromatic N) is 2. The maximum atomic E-state index is 11.4. The zero-order chi connectivity index (χ0) is 14.5. The van der Waals surface area contributed by atoms with Gasteiger partial charge in [-0.05, 0) is 12.8 Å². The lowest BCUT2D eigenvalue weighted by Gasteiger charge is -2.18. The summed E-state index contributed by atoms with van der Waals surface area (Å²) >= 11 is 4.89. The van der Waals surface area contributed by atoms with Gasteiger partial charge in [-0.2, -0.15) is 0 Å². The van der Waals surface area contributed by atoms with Gasteiger partial charge < -0.3 is 16.8 Å². The Hall–Kier alpha value is -1.76. The molecule has 0 aromatic carbocycles. The van der Waals surface area contributed by atoms with Crippen LogP contribution in [0.2, 0.25) is 0 Å². The van der Waals surface area contributed by atoms with Crippen molar-refractivity contribution < 1.29 is 4.79 Å². The number of aromatic nitrogens is 2. The normalized spacial score (nSPS) is 16.4. The Morgan fingerprint density at radius 3 is 2.45 bits per heavy atom. The van der Waals surface area contributed by atoms with Crippen molar-refractivity contribution in [2.24, 2.45) is 11.5 Å². The molecule has 1 fully saturated rings. The molecule has 0 radical (unpaired) electrons. The Kier molecular flexibility index (Phi) is 4.84. The number of anilines is 1. The minimum Gasteiger partial charge on any atom is -0.388 e. The summed E-state index contributed by atoms with van der Waals surface area (Å²) in [7, 11) is 0. The molecular weight excluding hydrogens is 274 g/mol. The summed E-state index contributed by atoms with van der Waals surface area (Å²) in [5.41, 5.74) is 11.4. The van der Waals surface area contributed by atoms with Crippen LogP contribution in [0.25, 0.3) is 0 Å². The molecule has 0 unspecified atom stereocenters. The fourth-order valence-corrected chi connectivity index (χ4v) is 2.50. The van der Waals surface area contributed by atoms with Crippen LogP contribution in [0.5, 0.6) is 0 Å². The average Bonchev–Trinajstić information content (AvgIpc) is 2.67. The van der Waals surface area contributed by atoms with Gasteiger partial charge in [0.05, 0.1) is 6.20 Å². The van der Waals surface area contributed by atoms with E-state index in [9.17, 15) is 4.79 Å². The zero-order valence-electron chi connectivity index (χ0n) is 11.3. The summed E-state index contributed by atoms with van der Waals surface area (Å²) in [6.07, 6.45) is 8.33. The van der Waals surface area contributed by atoms with E-state index >= 15 is 0 Å². The van der Waals surface area contributed by atoms with Crippen LogP contribution in [0.1, 0.15) is 54.7 Å². The molecule has 20 heavy (non-hydrogen) atoms. The smallest absolute Gasteiger partial charge is 0.271 e. The predicted octanol–water partition coefficient (Wildman–Crippen LogP) is 1.34. The number of nitrogens with two attached hydrogens (primary N) is 2. The molecule has 0 atom stereocenters. The van der Waals surface area contributed by atoms with Crippen LogP contribution in [-0.4, -0.2) is 26.9 Å². The van der Waals surface area contributed by atoms with Crippen molar-refractivity contribution in [1.29, 1.82) is 0 Å². The van der Waals surface area contributed by atoms with Crippen LogP contribution >= 0.6 is 12.2 Å². The number of rotatable bonds is 4. The maximum Gasteiger partial charge on any atom is 0.271 e. The van der Waals surface area contributed by atoms with Crippen molar-refractivity contribution in [3.63, 3.8) is 0 Å². The highest BCUT2D eigenvalue weighted by atomic mass is 32.1. The molecule has 0 spiro atoms. The minimum atomic E-state index is -0.608. The largest absolute Gasteiger partial charge is 0.388 e. The van der Waals surface area contributed by atoms with Crippen LogP contribution in [0.4, 0.5) is 5.82 Å². The standard InChI is InChI=1S/C13H19N5OS/c14-11(19)10-13(18-9(7-16-10)12(15)20)17-8-5-3-1-2-4-6-8/h7-8H,1-6H2,(H2,14,19)(H2,15,20)(H,17,18). The van der Waals surface area contributed by atoms with Crippen molar-refractivity contribution in [3.05, 3.63) is 17.6 Å². The number of hydrogen-bond donors (Lipinski definition) is 3. The molecule has 7 heteroatoms. The van der Waals surface area contributed by atoms with Crippen LogP contribution in [0, 0.1) is 0 Å². The van der Waals surface area contributed by atoms with Gasteiger partial charge in [0.25, 0.3) is 5.91 Å². The first-order chi connectivity index (χ1) is 9.58. The van der Waals surface area contributed by atoms with Gasteiger partial charge in [-0.15, -0.1) is 0 Å². The molecule has 5 N–H and O–H groups in total. The predicted molar refractivity (Wildman–Crippen MR) is 81.6 cm³/mol. The second-order valence-electron chi connectivity index (χ2n) is 5.01. The molecule has 1 aliphatic carbocycles. The first-order valence-corrected chi connectivity index (χ1v) is 7.22. The Bertz CT molecular complexity index is 511. The zero-order valence-corrected chi connectivity index (χ0v) is 12.1. The van der Waals surface area contributed by atoms with E-state index in [4.69, 9.17) is 23.7 Å². The molecular formula is C13H19N5OS. The van der Waals surface area contributed by atoms with Crippen molar-refractivity contribution in [1.82, 2.24) is 9.97 Å². The highest BCUT2D eigenvalue weighted by molar-refractivity contribution is 7.80. The molecule has 1 aromatic heterocycles. The number of amides is 1. The van der Waals surface area contributed by atoms with Gasteiger partial charge in [0, 0.05) is 6.04 Å². The van der Waals surface area contributed by atoms with Crippen molar-refractivity contribution in [2.75, 3.05) is 5.32 Å². The number of nitrogens with one attached hydrogen (secondary N) is 1. The van der Waals surface area contributed by atoms with E-state index < -0.39 is 5.91 Å². The molecule has 0 saturated heterocycles.